The Morgan fingerprint density at radius 3 is 2.33 bits per heavy atom. The molecule has 0 amide bonds. The molecule has 1 rings (SSSR count). The quantitative estimate of drug-likeness (QED) is 0.920. The molecule has 0 aliphatic carbocycles. The standard InChI is InChI=1S/C8H8BrNO4S/c1-6(11)14-15(12,13)10-8-4-2-7(9)3-5-8/h2-5,10H,1H3. The molecule has 0 radical (unpaired) electrons. The van der Waals surface area contributed by atoms with Gasteiger partial charge in [-0.1, -0.05) is 15.9 Å². The van der Waals surface area contributed by atoms with Crippen molar-refractivity contribution < 1.29 is 17.4 Å². The maximum atomic E-state index is 11.1. The minimum atomic E-state index is -4.06. The third kappa shape index (κ3) is 4.30. The smallest absolute Gasteiger partial charge is 0.330 e. The van der Waals surface area contributed by atoms with Crippen molar-refractivity contribution in [1.82, 2.24) is 0 Å². The van der Waals surface area contributed by atoms with Gasteiger partial charge in [0, 0.05) is 11.4 Å². The molecule has 0 saturated heterocycles. The molecule has 0 heterocycles. The first-order valence-corrected chi connectivity index (χ1v) is 6.07. The number of hydrogen-bond acceptors (Lipinski definition) is 4. The van der Waals surface area contributed by atoms with Gasteiger partial charge in [-0.2, -0.15) is 8.42 Å². The van der Waals surface area contributed by atoms with Crippen LogP contribution in [0.25, 0.3) is 0 Å². The molecule has 0 aliphatic heterocycles. The van der Waals surface area contributed by atoms with E-state index in [2.05, 4.69) is 24.8 Å². The highest BCUT2D eigenvalue weighted by Gasteiger charge is 2.13. The number of rotatable bonds is 3. The number of carbonyl (C=O) groups excluding carboxylic acids is 1. The van der Waals surface area contributed by atoms with Gasteiger partial charge in [0.1, 0.15) is 0 Å². The molecular formula is C8H8BrNO4S. The molecule has 0 unspecified atom stereocenters. The maximum Gasteiger partial charge on any atom is 0.409 e. The monoisotopic (exact) mass is 293 g/mol. The SMILES string of the molecule is CC(=O)OS(=O)(=O)Nc1ccc(Br)cc1. The summed E-state index contributed by atoms with van der Waals surface area (Å²) < 4.78 is 29.2. The highest BCUT2D eigenvalue weighted by Crippen LogP contribution is 2.15. The summed E-state index contributed by atoms with van der Waals surface area (Å²) in [6, 6.07) is 6.38. The molecule has 1 N–H and O–H groups in total. The highest BCUT2D eigenvalue weighted by atomic mass is 79.9. The van der Waals surface area contributed by atoms with Gasteiger partial charge < -0.3 is 4.18 Å². The predicted molar refractivity (Wildman–Crippen MR) is 58.5 cm³/mol. The lowest BCUT2D eigenvalue weighted by Crippen LogP contribution is -2.18. The number of anilines is 1. The molecule has 0 atom stereocenters. The van der Waals surface area contributed by atoms with E-state index in [1.807, 2.05) is 0 Å². The topological polar surface area (TPSA) is 72.5 Å². The fourth-order valence-corrected chi connectivity index (χ4v) is 1.88. The Labute approximate surface area is 95.8 Å². The van der Waals surface area contributed by atoms with Crippen molar-refractivity contribution >= 4 is 37.9 Å². The van der Waals surface area contributed by atoms with E-state index in [4.69, 9.17) is 0 Å². The Morgan fingerprint density at radius 2 is 1.87 bits per heavy atom. The van der Waals surface area contributed by atoms with Crippen LogP contribution in [0.15, 0.2) is 28.7 Å². The fourth-order valence-electron chi connectivity index (χ4n) is 0.838. The Bertz CT molecular complexity index is 454. The number of carbonyl (C=O) groups is 1. The van der Waals surface area contributed by atoms with Crippen LogP contribution in [-0.2, 0) is 19.3 Å². The first kappa shape index (κ1) is 12.0. The van der Waals surface area contributed by atoms with Crippen LogP contribution < -0.4 is 4.72 Å². The van der Waals surface area contributed by atoms with E-state index in [0.717, 1.165) is 11.4 Å². The molecule has 7 heteroatoms. The molecule has 0 fully saturated rings. The highest BCUT2D eigenvalue weighted by molar-refractivity contribution is 9.10. The van der Waals surface area contributed by atoms with Crippen LogP contribution in [0.2, 0.25) is 0 Å². The van der Waals surface area contributed by atoms with Crippen molar-refractivity contribution in [3.05, 3.63) is 28.7 Å². The van der Waals surface area contributed by atoms with E-state index < -0.39 is 16.3 Å². The average molecular weight is 294 g/mol. The molecule has 0 spiro atoms. The van der Waals surface area contributed by atoms with Crippen LogP contribution in [0.3, 0.4) is 0 Å². The summed E-state index contributed by atoms with van der Waals surface area (Å²) in [4.78, 5) is 10.5. The fraction of sp³-hybridized carbons (Fsp3) is 0.125. The maximum absolute atomic E-state index is 11.1. The van der Waals surface area contributed by atoms with Gasteiger partial charge in [0.05, 0.1) is 5.69 Å². The van der Waals surface area contributed by atoms with Gasteiger partial charge in [-0.3, -0.25) is 9.52 Å². The molecule has 0 bridgehead atoms. The first-order valence-electron chi connectivity index (χ1n) is 3.87. The van der Waals surface area contributed by atoms with Gasteiger partial charge in [-0.15, -0.1) is 0 Å². The van der Waals surface area contributed by atoms with Crippen LogP contribution in [0.1, 0.15) is 6.92 Å². The summed E-state index contributed by atoms with van der Waals surface area (Å²) >= 11 is 3.20. The van der Waals surface area contributed by atoms with Crippen molar-refractivity contribution in [1.29, 1.82) is 0 Å². The Balaban J connectivity index is 2.78. The summed E-state index contributed by atoms with van der Waals surface area (Å²) in [5.41, 5.74) is 0.319. The van der Waals surface area contributed by atoms with Crippen LogP contribution >= 0.6 is 15.9 Å². The van der Waals surface area contributed by atoms with Crippen LogP contribution in [-0.4, -0.2) is 14.4 Å². The summed E-state index contributed by atoms with van der Waals surface area (Å²) in [7, 11) is -4.06. The Morgan fingerprint density at radius 1 is 1.33 bits per heavy atom. The van der Waals surface area contributed by atoms with Crippen molar-refractivity contribution in [2.45, 2.75) is 6.92 Å². The third-order valence-corrected chi connectivity index (χ3v) is 2.78. The zero-order valence-corrected chi connectivity index (χ0v) is 10.1. The van der Waals surface area contributed by atoms with E-state index in [1.54, 1.807) is 12.1 Å². The number of hydrogen-bond donors (Lipinski definition) is 1. The molecule has 0 saturated carbocycles. The number of nitrogens with one attached hydrogen (secondary N) is 1. The summed E-state index contributed by atoms with van der Waals surface area (Å²) in [5.74, 6) is -0.889. The molecule has 0 aromatic heterocycles. The van der Waals surface area contributed by atoms with E-state index in [9.17, 15) is 13.2 Å². The van der Waals surface area contributed by atoms with Gasteiger partial charge in [0.2, 0.25) is 0 Å². The molecule has 82 valence electrons. The third-order valence-electron chi connectivity index (χ3n) is 1.31. The van der Waals surface area contributed by atoms with Gasteiger partial charge in [-0.05, 0) is 24.3 Å². The summed E-state index contributed by atoms with van der Waals surface area (Å²) in [6.07, 6.45) is 0. The minimum Gasteiger partial charge on any atom is -0.330 e. The van der Waals surface area contributed by atoms with E-state index >= 15 is 0 Å². The molecule has 1 aromatic carbocycles. The first-order chi connectivity index (χ1) is 6.89. The van der Waals surface area contributed by atoms with Gasteiger partial charge >= 0.3 is 16.3 Å². The molecule has 1 aromatic rings. The second kappa shape index (κ2) is 4.63. The van der Waals surface area contributed by atoms with Crippen molar-refractivity contribution in [2.24, 2.45) is 0 Å². The second-order valence-corrected chi connectivity index (χ2v) is 4.83. The van der Waals surface area contributed by atoms with Crippen molar-refractivity contribution in [3.8, 4) is 0 Å². The zero-order valence-electron chi connectivity index (χ0n) is 7.73. The predicted octanol–water partition coefficient (Wildman–Crippen LogP) is 1.67. The van der Waals surface area contributed by atoms with E-state index in [-0.39, 0.29) is 0 Å². The zero-order chi connectivity index (χ0) is 11.5. The lowest BCUT2D eigenvalue weighted by molar-refractivity contribution is -0.131. The summed E-state index contributed by atoms with van der Waals surface area (Å²) in [5, 5.41) is 0. The van der Waals surface area contributed by atoms with Gasteiger partial charge in [-0.25, -0.2) is 0 Å². The lowest BCUT2D eigenvalue weighted by atomic mass is 10.3. The Kier molecular flexibility index (Phi) is 3.70. The average Bonchev–Trinajstić information content (AvgIpc) is 2.06. The van der Waals surface area contributed by atoms with E-state index in [1.165, 1.54) is 12.1 Å². The number of halogens is 1. The van der Waals surface area contributed by atoms with Crippen LogP contribution in [0.4, 0.5) is 5.69 Å². The second-order valence-electron chi connectivity index (χ2n) is 2.64. The minimum absolute atomic E-state index is 0.319. The van der Waals surface area contributed by atoms with E-state index in [0.29, 0.717) is 5.69 Å². The van der Waals surface area contributed by atoms with Crippen molar-refractivity contribution in [2.75, 3.05) is 4.72 Å². The van der Waals surface area contributed by atoms with Gasteiger partial charge in [0.15, 0.2) is 0 Å². The largest absolute Gasteiger partial charge is 0.409 e. The lowest BCUT2D eigenvalue weighted by Gasteiger charge is -2.06. The van der Waals surface area contributed by atoms with Crippen LogP contribution in [0, 0.1) is 0 Å². The van der Waals surface area contributed by atoms with Crippen LogP contribution in [0.5, 0.6) is 0 Å². The summed E-state index contributed by atoms with van der Waals surface area (Å²) in [6.45, 7) is 1.01. The normalized spacial score (nSPS) is 10.8. The molecule has 5 nitrogen and oxygen atoms in total. The number of benzene rings is 1. The molecule has 15 heavy (non-hydrogen) atoms. The van der Waals surface area contributed by atoms with Gasteiger partial charge in [0.25, 0.3) is 0 Å². The van der Waals surface area contributed by atoms with Crippen molar-refractivity contribution in [3.63, 3.8) is 0 Å². The Hall–Kier alpha value is -1.08. The molecule has 0 aliphatic rings. The molecular weight excluding hydrogens is 286 g/mol.